The summed E-state index contributed by atoms with van der Waals surface area (Å²) in [5.74, 6) is 1.53. The second-order valence-electron chi connectivity index (χ2n) is 11.0. The Morgan fingerprint density at radius 2 is 1.90 bits per heavy atom. The predicted molar refractivity (Wildman–Crippen MR) is 172 cm³/mol. The minimum atomic E-state index is -0.167. The fourth-order valence-electron chi connectivity index (χ4n) is 5.02. The molecule has 1 saturated heterocycles. The number of likely N-dealkylation sites (N-methyl/N-ethyl adjacent to an activating group) is 1. The first-order chi connectivity index (χ1) is 20.4. The van der Waals surface area contributed by atoms with Gasteiger partial charge in [0, 0.05) is 66.5 Å². The molecule has 10 heteroatoms. The molecule has 220 valence electrons. The van der Waals surface area contributed by atoms with Crippen molar-refractivity contribution in [3.8, 4) is 0 Å². The van der Waals surface area contributed by atoms with Crippen LogP contribution in [-0.4, -0.2) is 71.7 Å². The molecule has 1 atom stereocenters. The lowest BCUT2D eigenvalue weighted by atomic mass is 10.1. The van der Waals surface area contributed by atoms with Gasteiger partial charge in [-0.05, 0) is 75.8 Å². The highest BCUT2D eigenvalue weighted by Crippen LogP contribution is 2.27. The molecule has 1 aliphatic rings. The van der Waals surface area contributed by atoms with Crippen LogP contribution in [0.5, 0.6) is 0 Å². The minimum absolute atomic E-state index is 0.145. The van der Waals surface area contributed by atoms with Gasteiger partial charge < -0.3 is 31.5 Å². The van der Waals surface area contributed by atoms with Gasteiger partial charge in [0.15, 0.2) is 5.65 Å². The Bertz CT molecular complexity index is 1530. The molecule has 2 aromatic carbocycles. The lowest BCUT2D eigenvalue weighted by Crippen LogP contribution is -2.43. The first kappa shape index (κ1) is 29.1. The molecule has 0 spiro atoms. The van der Waals surface area contributed by atoms with Crippen LogP contribution in [-0.2, 0) is 6.42 Å². The zero-order valence-electron chi connectivity index (χ0n) is 24.7. The van der Waals surface area contributed by atoms with Gasteiger partial charge in [0.2, 0.25) is 0 Å². The van der Waals surface area contributed by atoms with Crippen LogP contribution in [0.25, 0.3) is 5.65 Å². The number of benzene rings is 2. The Morgan fingerprint density at radius 1 is 1.10 bits per heavy atom. The molecule has 42 heavy (non-hydrogen) atoms. The van der Waals surface area contributed by atoms with Crippen molar-refractivity contribution in [3.63, 3.8) is 0 Å². The van der Waals surface area contributed by atoms with Crippen molar-refractivity contribution < 1.29 is 4.79 Å². The minimum Gasteiger partial charge on any atom is -0.382 e. The number of nitrogens with two attached hydrogens (primary N) is 1. The van der Waals surface area contributed by atoms with Crippen molar-refractivity contribution in [1.29, 1.82) is 0 Å². The molecule has 0 saturated carbocycles. The van der Waals surface area contributed by atoms with Gasteiger partial charge in [-0.25, -0.2) is 4.98 Å². The van der Waals surface area contributed by atoms with Crippen LogP contribution in [0.2, 0.25) is 0 Å². The second kappa shape index (κ2) is 13.5. The van der Waals surface area contributed by atoms with Gasteiger partial charge in [-0.3, -0.25) is 4.79 Å². The van der Waals surface area contributed by atoms with Crippen molar-refractivity contribution in [2.24, 2.45) is 5.73 Å². The van der Waals surface area contributed by atoms with E-state index in [2.05, 4.69) is 49.9 Å². The predicted octanol–water partition coefficient (Wildman–Crippen LogP) is 4.74. The van der Waals surface area contributed by atoms with Crippen molar-refractivity contribution in [1.82, 2.24) is 19.5 Å². The number of nitrogens with one attached hydrogen (secondary N) is 3. The third kappa shape index (κ3) is 7.26. The van der Waals surface area contributed by atoms with E-state index < -0.39 is 0 Å². The summed E-state index contributed by atoms with van der Waals surface area (Å²) in [7, 11) is 4.08. The number of hydrogen-bond acceptors (Lipinski definition) is 8. The number of fused-ring (bicyclic) bond motifs is 1. The number of carbonyl (C=O) groups is 1. The monoisotopic (exact) mass is 567 g/mol. The van der Waals surface area contributed by atoms with E-state index >= 15 is 0 Å². The summed E-state index contributed by atoms with van der Waals surface area (Å²) in [6.45, 7) is 5.45. The van der Waals surface area contributed by atoms with Crippen molar-refractivity contribution in [2.45, 2.75) is 32.2 Å². The Labute approximate surface area is 247 Å². The first-order valence-corrected chi connectivity index (χ1v) is 14.6. The largest absolute Gasteiger partial charge is 0.382 e. The lowest BCUT2D eigenvalue weighted by Gasteiger charge is -2.32. The molecule has 10 nitrogen and oxygen atoms in total. The third-order valence-electron chi connectivity index (χ3n) is 7.30. The maximum absolute atomic E-state index is 13.0. The van der Waals surface area contributed by atoms with Crippen molar-refractivity contribution >= 4 is 40.3 Å². The average molecular weight is 568 g/mol. The van der Waals surface area contributed by atoms with Crippen LogP contribution in [0.15, 0.2) is 72.9 Å². The number of piperidine rings is 1. The summed E-state index contributed by atoms with van der Waals surface area (Å²) in [6, 6.07) is 17.3. The van der Waals surface area contributed by atoms with Gasteiger partial charge in [-0.1, -0.05) is 25.1 Å². The lowest BCUT2D eigenvalue weighted by molar-refractivity contribution is 0.102. The molecule has 1 amide bonds. The molecule has 4 aromatic rings. The average Bonchev–Trinajstić information content (AvgIpc) is 3.41. The molecule has 0 radical (unpaired) electrons. The van der Waals surface area contributed by atoms with Crippen molar-refractivity contribution in [3.05, 3.63) is 84.1 Å². The Kier molecular flexibility index (Phi) is 9.35. The summed E-state index contributed by atoms with van der Waals surface area (Å²) >= 11 is 0. The van der Waals surface area contributed by atoms with E-state index in [0.717, 1.165) is 79.7 Å². The van der Waals surface area contributed by atoms with E-state index in [9.17, 15) is 4.79 Å². The zero-order valence-corrected chi connectivity index (χ0v) is 24.7. The molecule has 5 rings (SSSR count). The second-order valence-corrected chi connectivity index (χ2v) is 11.0. The molecule has 3 heterocycles. The number of hydrogen-bond donors (Lipinski definition) is 4. The summed E-state index contributed by atoms with van der Waals surface area (Å²) in [4.78, 5) is 22.3. The topological polar surface area (TPSA) is 116 Å². The molecular weight excluding hydrogens is 526 g/mol. The van der Waals surface area contributed by atoms with Crippen molar-refractivity contribution in [2.75, 3.05) is 61.1 Å². The van der Waals surface area contributed by atoms with E-state index in [4.69, 9.17) is 10.7 Å². The molecular formula is C32H41N9O. The summed E-state index contributed by atoms with van der Waals surface area (Å²) in [6.07, 6.45) is 9.01. The molecule has 1 aliphatic heterocycles. The molecule has 5 N–H and O–H groups in total. The number of aryl methyl sites for hydroxylation is 1. The number of aromatic nitrogens is 3. The summed E-state index contributed by atoms with van der Waals surface area (Å²) in [5, 5.41) is 14.5. The summed E-state index contributed by atoms with van der Waals surface area (Å²) in [5.41, 5.74) is 11.3. The summed E-state index contributed by atoms with van der Waals surface area (Å²) < 4.78 is 1.84. The molecule has 0 bridgehead atoms. The quantitative estimate of drug-likeness (QED) is 0.192. The van der Waals surface area contributed by atoms with Crippen LogP contribution in [0.1, 0.15) is 35.7 Å². The number of rotatable bonds is 11. The number of anilines is 5. The van der Waals surface area contributed by atoms with Gasteiger partial charge in [0.1, 0.15) is 11.6 Å². The van der Waals surface area contributed by atoms with Crippen LogP contribution in [0, 0.1) is 0 Å². The molecule has 2 aromatic heterocycles. The highest BCUT2D eigenvalue weighted by atomic mass is 16.1. The van der Waals surface area contributed by atoms with Gasteiger partial charge in [0.05, 0.1) is 6.20 Å². The molecule has 1 fully saturated rings. The van der Waals surface area contributed by atoms with E-state index in [1.54, 1.807) is 0 Å². The van der Waals surface area contributed by atoms with Crippen LogP contribution in [0.3, 0.4) is 0 Å². The standard InChI is InChI=1S/C32H41N9O/c1-4-23-21-35-41-30(20-29(38-31(23)41)40-18-8-9-25(33)22-40)36-27-10-7-11-28(19-27)37-32(42)24-12-14-26(15-13-24)34-16-5-6-17-39(2)3/h5-7,10-15,19-21,25,34,36H,4,8-9,16-18,22,33H2,1-3H3,(H,37,42)/b6-5+. The van der Waals surface area contributed by atoms with E-state index in [-0.39, 0.29) is 11.9 Å². The van der Waals surface area contributed by atoms with Crippen LogP contribution in [0.4, 0.5) is 28.7 Å². The first-order valence-electron chi connectivity index (χ1n) is 14.6. The maximum atomic E-state index is 13.0. The third-order valence-corrected chi connectivity index (χ3v) is 7.30. The number of amides is 1. The zero-order chi connectivity index (χ0) is 29.5. The smallest absolute Gasteiger partial charge is 0.255 e. The van der Waals surface area contributed by atoms with E-state index in [1.807, 2.05) is 79.4 Å². The fourth-order valence-corrected chi connectivity index (χ4v) is 5.02. The number of carbonyl (C=O) groups excluding carboxylic acids is 1. The van der Waals surface area contributed by atoms with Gasteiger partial charge in [0.25, 0.3) is 5.91 Å². The Balaban J connectivity index is 1.28. The number of nitrogens with zero attached hydrogens (tertiary/aromatic N) is 5. The molecule has 1 unspecified atom stereocenters. The van der Waals surface area contributed by atoms with E-state index in [0.29, 0.717) is 11.3 Å². The van der Waals surface area contributed by atoms with Gasteiger partial charge in [-0.15, -0.1) is 0 Å². The van der Waals surface area contributed by atoms with Crippen LogP contribution >= 0.6 is 0 Å². The SMILES string of the molecule is CCc1cnn2c(Nc3cccc(NC(=O)c4ccc(NC/C=C/CN(C)C)cc4)c3)cc(N3CCCC(N)C3)nc12. The van der Waals surface area contributed by atoms with E-state index in [1.165, 1.54) is 0 Å². The maximum Gasteiger partial charge on any atom is 0.255 e. The van der Waals surface area contributed by atoms with Gasteiger partial charge in [-0.2, -0.15) is 9.61 Å². The Hall–Kier alpha value is -4.41. The molecule has 0 aliphatic carbocycles. The normalized spacial score (nSPS) is 15.5. The highest BCUT2D eigenvalue weighted by Gasteiger charge is 2.21. The van der Waals surface area contributed by atoms with Crippen LogP contribution < -0.4 is 26.6 Å². The Morgan fingerprint density at radius 3 is 2.67 bits per heavy atom. The fraction of sp³-hybridized carbons (Fsp3) is 0.344. The highest BCUT2D eigenvalue weighted by molar-refractivity contribution is 6.04. The van der Waals surface area contributed by atoms with Gasteiger partial charge >= 0.3 is 0 Å².